The molecule has 1 heterocycles. The Morgan fingerprint density at radius 1 is 1.17 bits per heavy atom. The molecular weight excluding hydrogens is 288 g/mol. The standard InChI is InChI=1S/C19H24N2O2/c1-19(2,3)23-18(22)21-12-11-15(13-21)20-17-10-6-8-14-7-4-5-9-16(14)17/h4-10,15,20H,11-13H2,1-3H3. The first-order valence-corrected chi connectivity index (χ1v) is 8.14. The summed E-state index contributed by atoms with van der Waals surface area (Å²) in [5.41, 5.74) is 0.678. The lowest BCUT2D eigenvalue weighted by molar-refractivity contribution is 0.0293. The highest BCUT2D eigenvalue weighted by molar-refractivity contribution is 5.93. The molecule has 1 amide bonds. The molecule has 4 nitrogen and oxygen atoms in total. The Labute approximate surface area is 137 Å². The number of carbonyl (C=O) groups is 1. The average Bonchev–Trinajstić information content (AvgIpc) is 2.95. The summed E-state index contributed by atoms with van der Waals surface area (Å²) in [6, 6.07) is 14.9. The quantitative estimate of drug-likeness (QED) is 0.901. The minimum Gasteiger partial charge on any atom is -0.444 e. The van der Waals surface area contributed by atoms with E-state index in [1.165, 1.54) is 10.8 Å². The summed E-state index contributed by atoms with van der Waals surface area (Å²) in [5, 5.41) is 6.02. The third-order valence-corrected chi connectivity index (χ3v) is 3.99. The summed E-state index contributed by atoms with van der Waals surface area (Å²) in [5.74, 6) is 0. The second-order valence-electron chi connectivity index (χ2n) is 7.08. The van der Waals surface area contributed by atoms with Crippen LogP contribution in [0.3, 0.4) is 0 Å². The van der Waals surface area contributed by atoms with Gasteiger partial charge in [-0.1, -0.05) is 36.4 Å². The van der Waals surface area contributed by atoms with E-state index in [4.69, 9.17) is 4.74 Å². The number of nitrogens with zero attached hydrogens (tertiary/aromatic N) is 1. The van der Waals surface area contributed by atoms with Crippen molar-refractivity contribution in [2.24, 2.45) is 0 Å². The van der Waals surface area contributed by atoms with Crippen molar-refractivity contribution in [3.05, 3.63) is 42.5 Å². The first-order chi connectivity index (χ1) is 10.9. The maximum atomic E-state index is 12.1. The number of anilines is 1. The number of hydrogen-bond acceptors (Lipinski definition) is 3. The highest BCUT2D eigenvalue weighted by Gasteiger charge is 2.29. The molecule has 1 N–H and O–H groups in total. The number of likely N-dealkylation sites (tertiary alicyclic amines) is 1. The fraction of sp³-hybridized carbons (Fsp3) is 0.421. The van der Waals surface area contributed by atoms with Crippen molar-refractivity contribution in [2.45, 2.75) is 38.8 Å². The van der Waals surface area contributed by atoms with E-state index in [9.17, 15) is 4.79 Å². The van der Waals surface area contributed by atoms with Gasteiger partial charge in [0.2, 0.25) is 0 Å². The number of nitrogens with one attached hydrogen (secondary N) is 1. The number of amides is 1. The van der Waals surface area contributed by atoms with Crippen molar-refractivity contribution in [3.8, 4) is 0 Å². The van der Waals surface area contributed by atoms with E-state index in [-0.39, 0.29) is 12.1 Å². The maximum Gasteiger partial charge on any atom is 0.410 e. The van der Waals surface area contributed by atoms with Crippen LogP contribution in [0.2, 0.25) is 0 Å². The second-order valence-corrected chi connectivity index (χ2v) is 7.08. The van der Waals surface area contributed by atoms with Crippen molar-refractivity contribution in [3.63, 3.8) is 0 Å². The molecule has 0 aromatic heterocycles. The van der Waals surface area contributed by atoms with E-state index >= 15 is 0 Å². The highest BCUT2D eigenvalue weighted by Crippen LogP contribution is 2.25. The van der Waals surface area contributed by atoms with Crippen molar-refractivity contribution in [2.75, 3.05) is 18.4 Å². The van der Waals surface area contributed by atoms with Gasteiger partial charge < -0.3 is 15.0 Å². The third-order valence-electron chi connectivity index (χ3n) is 3.99. The van der Waals surface area contributed by atoms with Gasteiger partial charge in [0.05, 0.1) is 0 Å². The van der Waals surface area contributed by atoms with Gasteiger partial charge in [0.1, 0.15) is 5.60 Å². The summed E-state index contributed by atoms with van der Waals surface area (Å²) in [6.07, 6.45) is 0.711. The van der Waals surface area contributed by atoms with Gasteiger partial charge in [0, 0.05) is 30.2 Å². The maximum absolute atomic E-state index is 12.1. The summed E-state index contributed by atoms with van der Waals surface area (Å²) in [4.78, 5) is 13.9. The predicted octanol–water partition coefficient (Wildman–Crippen LogP) is 4.26. The minimum atomic E-state index is -0.446. The summed E-state index contributed by atoms with van der Waals surface area (Å²) >= 11 is 0. The fourth-order valence-corrected chi connectivity index (χ4v) is 2.94. The van der Waals surface area contributed by atoms with Crippen molar-refractivity contribution >= 4 is 22.6 Å². The molecule has 1 unspecified atom stereocenters. The Morgan fingerprint density at radius 3 is 2.70 bits per heavy atom. The van der Waals surface area contributed by atoms with E-state index < -0.39 is 5.60 Å². The lowest BCUT2D eigenvalue weighted by atomic mass is 10.1. The average molecular weight is 312 g/mol. The van der Waals surface area contributed by atoms with Crippen LogP contribution in [0.15, 0.2) is 42.5 Å². The van der Waals surface area contributed by atoms with Gasteiger partial charge in [-0.05, 0) is 38.6 Å². The molecule has 0 saturated carbocycles. The SMILES string of the molecule is CC(C)(C)OC(=O)N1CCC(Nc2cccc3ccccc23)C1. The smallest absolute Gasteiger partial charge is 0.410 e. The van der Waals surface area contributed by atoms with Gasteiger partial charge in [-0.25, -0.2) is 4.79 Å². The van der Waals surface area contributed by atoms with Crippen molar-refractivity contribution in [1.29, 1.82) is 0 Å². The van der Waals surface area contributed by atoms with E-state index in [0.717, 1.165) is 18.7 Å². The van der Waals surface area contributed by atoms with Crippen LogP contribution < -0.4 is 5.32 Å². The summed E-state index contributed by atoms with van der Waals surface area (Å²) in [6.45, 7) is 7.10. The molecule has 122 valence electrons. The van der Waals surface area contributed by atoms with Gasteiger partial charge in [-0.15, -0.1) is 0 Å². The Balaban J connectivity index is 1.67. The predicted molar refractivity (Wildman–Crippen MR) is 93.8 cm³/mol. The first kappa shape index (κ1) is 15.7. The van der Waals surface area contributed by atoms with Gasteiger partial charge in [0.25, 0.3) is 0 Å². The van der Waals surface area contributed by atoms with Gasteiger partial charge in [0.15, 0.2) is 0 Å². The molecule has 1 aliphatic rings. The number of carbonyl (C=O) groups excluding carboxylic acids is 1. The highest BCUT2D eigenvalue weighted by atomic mass is 16.6. The molecule has 3 rings (SSSR count). The Hall–Kier alpha value is -2.23. The largest absolute Gasteiger partial charge is 0.444 e. The zero-order valence-corrected chi connectivity index (χ0v) is 14.0. The molecular formula is C19H24N2O2. The van der Waals surface area contributed by atoms with Crippen LogP contribution in [0.5, 0.6) is 0 Å². The van der Waals surface area contributed by atoms with Crippen LogP contribution in [0.1, 0.15) is 27.2 Å². The minimum absolute atomic E-state index is 0.222. The van der Waals surface area contributed by atoms with Crippen LogP contribution in [0.4, 0.5) is 10.5 Å². The molecule has 0 aliphatic carbocycles. The number of fused-ring (bicyclic) bond motifs is 1. The molecule has 23 heavy (non-hydrogen) atoms. The molecule has 1 saturated heterocycles. The van der Waals surface area contributed by atoms with E-state index in [1.807, 2.05) is 26.8 Å². The molecule has 1 aliphatic heterocycles. The van der Waals surface area contributed by atoms with Crippen molar-refractivity contribution < 1.29 is 9.53 Å². The number of ether oxygens (including phenoxy) is 1. The normalized spacial score (nSPS) is 18.2. The van der Waals surface area contributed by atoms with Crippen LogP contribution >= 0.6 is 0 Å². The molecule has 0 spiro atoms. The van der Waals surface area contributed by atoms with Gasteiger partial charge in [-0.2, -0.15) is 0 Å². The Morgan fingerprint density at radius 2 is 1.91 bits per heavy atom. The fourth-order valence-electron chi connectivity index (χ4n) is 2.94. The topological polar surface area (TPSA) is 41.6 Å². The number of rotatable bonds is 2. The van der Waals surface area contributed by atoms with E-state index in [0.29, 0.717) is 6.54 Å². The van der Waals surface area contributed by atoms with Crippen molar-refractivity contribution in [1.82, 2.24) is 4.90 Å². The zero-order valence-electron chi connectivity index (χ0n) is 14.0. The molecule has 0 radical (unpaired) electrons. The lowest BCUT2D eigenvalue weighted by Gasteiger charge is -2.24. The zero-order chi connectivity index (χ0) is 16.4. The van der Waals surface area contributed by atoms with Crippen LogP contribution in [0, 0.1) is 0 Å². The Kier molecular flexibility index (Phi) is 4.16. The molecule has 2 aromatic carbocycles. The number of benzene rings is 2. The molecule has 1 atom stereocenters. The monoisotopic (exact) mass is 312 g/mol. The van der Waals surface area contributed by atoms with Crippen LogP contribution in [-0.4, -0.2) is 35.7 Å². The second kappa shape index (κ2) is 6.11. The Bertz CT molecular complexity index is 701. The van der Waals surface area contributed by atoms with Crippen LogP contribution in [-0.2, 0) is 4.74 Å². The molecule has 1 fully saturated rings. The number of hydrogen-bond donors (Lipinski definition) is 1. The summed E-state index contributed by atoms with van der Waals surface area (Å²) in [7, 11) is 0. The lowest BCUT2D eigenvalue weighted by Crippen LogP contribution is -2.36. The van der Waals surface area contributed by atoms with E-state index in [2.05, 4.69) is 41.7 Å². The molecule has 4 heteroatoms. The van der Waals surface area contributed by atoms with Crippen LogP contribution in [0.25, 0.3) is 10.8 Å². The van der Waals surface area contributed by atoms with Gasteiger partial charge in [-0.3, -0.25) is 0 Å². The molecule has 2 aromatic rings. The van der Waals surface area contributed by atoms with Gasteiger partial charge >= 0.3 is 6.09 Å². The van der Waals surface area contributed by atoms with E-state index in [1.54, 1.807) is 4.90 Å². The third kappa shape index (κ3) is 3.76. The first-order valence-electron chi connectivity index (χ1n) is 8.14. The summed E-state index contributed by atoms with van der Waals surface area (Å²) < 4.78 is 5.45. The molecule has 0 bridgehead atoms.